The van der Waals surface area contributed by atoms with Gasteiger partial charge in [-0.2, -0.15) is 8.42 Å². The number of benzene rings is 2. The molecular formula is C13H13N3O6S. The third kappa shape index (κ3) is 3.67. The van der Waals surface area contributed by atoms with Crippen LogP contribution in [0.4, 0.5) is 22.7 Å². The molecule has 0 bridgehead atoms. The molecular weight excluding hydrogens is 326 g/mol. The highest BCUT2D eigenvalue weighted by molar-refractivity contribution is 7.85. The van der Waals surface area contributed by atoms with E-state index in [0.717, 1.165) is 12.1 Å². The minimum atomic E-state index is -4.53. The van der Waals surface area contributed by atoms with Crippen molar-refractivity contribution in [3.63, 3.8) is 0 Å². The summed E-state index contributed by atoms with van der Waals surface area (Å²) >= 11 is 0. The molecule has 9 nitrogen and oxygen atoms in total. The second kappa shape index (κ2) is 6.10. The molecule has 0 spiro atoms. The van der Waals surface area contributed by atoms with E-state index in [4.69, 9.17) is 15.0 Å². The van der Waals surface area contributed by atoms with Crippen LogP contribution in [0.25, 0.3) is 0 Å². The molecule has 2 rings (SSSR count). The van der Waals surface area contributed by atoms with E-state index in [1.54, 1.807) is 12.1 Å². The van der Waals surface area contributed by atoms with Crippen LogP contribution in [0.3, 0.4) is 0 Å². The van der Waals surface area contributed by atoms with Gasteiger partial charge in [-0.05, 0) is 24.3 Å². The summed E-state index contributed by atoms with van der Waals surface area (Å²) in [5, 5.41) is 13.9. The van der Waals surface area contributed by atoms with Crippen molar-refractivity contribution in [1.29, 1.82) is 0 Å². The Hall–Kier alpha value is -2.85. The molecule has 122 valence electrons. The molecule has 2 aromatic rings. The molecule has 0 aromatic heterocycles. The van der Waals surface area contributed by atoms with Crippen LogP contribution in [0.5, 0.6) is 5.75 Å². The summed E-state index contributed by atoms with van der Waals surface area (Å²) in [6.45, 7) is 0. The number of nitro benzene ring substituents is 1. The van der Waals surface area contributed by atoms with Crippen molar-refractivity contribution >= 4 is 32.9 Å². The van der Waals surface area contributed by atoms with Crippen LogP contribution in [-0.2, 0) is 10.1 Å². The van der Waals surface area contributed by atoms with Crippen LogP contribution < -0.4 is 15.8 Å². The topological polar surface area (TPSA) is 145 Å². The van der Waals surface area contributed by atoms with Crippen LogP contribution in [-0.4, -0.2) is 25.0 Å². The Kier molecular flexibility index (Phi) is 4.38. The zero-order valence-electron chi connectivity index (χ0n) is 11.9. The molecule has 4 N–H and O–H groups in total. The largest absolute Gasteiger partial charge is 0.495 e. The minimum Gasteiger partial charge on any atom is -0.495 e. The van der Waals surface area contributed by atoms with Crippen molar-refractivity contribution < 1.29 is 22.6 Å². The van der Waals surface area contributed by atoms with Gasteiger partial charge >= 0.3 is 0 Å². The fraction of sp³-hybridized carbons (Fsp3) is 0.0769. The number of nitrogens with one attached hydrogen (secondary N) is 1. The molecule has 10 heteroatoms. The lowest BCUT2D eigenvalue weighted by molar-refractivity contribution is -0.384. The van der Waals surface area contributed by atoms with Gasteiger partial charge < -0.3 is 15.8 Å². The van der Waals surface area contributed by atoms with Crippen molar-refractivity contribution in [2.24, 2.45) is 0 Å². The summed E-state index contributed by atoms with van der Waals surface area (Å²) < 4.78 is 36.2. The normalized spacial score (nSPS) is 11.0. The van der Waals surface area contributed by atoms with E-state index in [-0.39, 0.29) is 5.69 Å². The third-order valence-electron chi connectivity index (χ3n) is 2.98. The standard InChI is InChI=1S/C13H13N3O6S/c1-22-13-6-8(2-4-10(13)14)15-11-5-3-9(23(19,20)21)7-12(11)16(17)18/h2-7,15H,14H2,1H3,(H,19,20,21). The predicted molar refractivity (Wildman–Crippen MR) is 83.6 cm³/mol. The number of hydrogen-bond donors (Lipinski definition) is 3. The quantitative estimate of drug-likeness (QED) is 0.325. The molecule has 2 aromatic carbocycles. The zero-order chi connectivity index (χ0) is 17.2. The summed E-state index contributed by atoms with van der Waals surface area (Å²) in [6, 6.07) is 7.68. The Morgan fingerprint density at radius 3 is 2.52 bits per heavy atom. The third-order valence-corrected chi connectivity index (χ3v) is 3.83. The zero-order valence-corrected chi connectivity index (χ0v) is 12.7. The van der Waals surface area contributed by atoms with Crippen LogP contribution in [0.2, 0.25) is 0 Å². The van der Waals surface area contributed by atoms with E-state index in [2.05, 4.69) is 5.32 Å². The second-order valence-corrected chi connectivity index (χ2v) is 5.91. The number of nitro groups is 1. The Morgan fingerprint density at radius 1 is 1.26 bits per heavy atom. The average molecular weight is 339 g/mol. The number of anilines is 3. The van der Waals surface area contributed by atoms with Crippen molar-refractivity contribution in [2.75, 3.05) is 18.2 Å². The molecule has 0 aliphatic carbocycles. The molecule has 0 amide bonds. The first-order valence-corrected chi connectivity index (χ1v) is 7.63. The van der Waals surface area contributed by atoms with Crippen molar-refractivity contribution in [2.45, 2.75) is 4.90 Å². The molecule has 0 aliphatic heterocycles. The molecule has 0 heterocycles. The van der Waals surface area contributed by atoms with E-state index in [1.807, 2.05) is 0 Å². The number of nitrogen functional groups attached to an aromatic ring is 1. The molecule has 23 heavy (non-hydrogen) atoms. The number of hydrogen-bond acceptors (Lipinski definition) is 7. The van der Waals surface area contributed by atoms with Crippen LogP contribution in [0.1, 0.15) is 0 Å². The van der Waals surface area contributed by atoms with Gasteiger partial charge in [0.1, 0.15) is 16.3 Å². The van der Waals surface area contributed by atoms with Gasteiger partial charge in [0.05, 0.1) is 17.7 Å². The number of ether oxygens (including phenoxy) is 1. The minimum absolute atomic E-state index is 0.0502. The Labute approximate surface area is 131 Å². The SMILES string of the molecule is COc1cc(Nc2ccc(S(=O)(=O)O)cc2[N+](=O)[O-])ccc1N. The van der Waals surface area contributed by atoms with Gasteiger partial charge in [0, 0.05) is 17.8 Å². The summed E-state index contributed by atoms with van der Waals surface area (Å²) in [4.78, 5) is 9.79. The monoisotopic (exact) mass is 339 g/mol. The van der Waals surface area contributed by atoms with E-state index < -0.39 is 25.6 Å². The summed E-state index contributed by atoms with van der Waals surface area (Å²) in [5.74, 6) is 0.382. The number of nitrogens with two attached hydrogens (primary N) is 1. The highest BCUT2D eigenvalue weighted by atomic mass is 32.2. The number of methoxy groups -OCH3 is 1. The van der Waals surface area contributed by atoms with Gasteiger partial charge in [-0.3, -0.25) is 14.7 Å². The maximum Gasteiger partial charge on any atom is 0.294 e. The van der Waals surface area contributed by atoms with E-state index in [9.17, 15) is 18.5 Å². The first-order valence-electron chi connectivity index (χ1n) is 6.19. The maximum absolute atomic E-state index is 11.1. The smallest absolute Gasteiger partial charge is 0.294 e. The Balaban J connectivity index is 2.46. The summed E-state index contributed by atoms with van der Waals surface area (Å²) in [7, 11) is -3.10. The molecule has 0 saturated carbocycles. The first-order chi connectivity index (χ1) is 10.7. The fourth-order valence-electron chi connectivity index (χ4n) is 1.87. The van der Waals surface area contributed by atoms with Crippen molar-refractivity contribution in [3.8, 4) is 5.75 Å². The molecule has 0 unspecified atom stereocenters. The lowest BCUT2D eigenvalue weighted by atomic mass is 10.2. The van der Waals surface area contributed by atoms with Crippen LogP contribution >= 0.6 is 0 Å². The predicted octanol–water partition coefficient (Wildman–Crippen LogP) is 2.18. The van der Waals surface area contributed by atoms with Crippen molar-refractivity contribution in [3.05, 3.63) is 46.5 Å². The molecule has 0 radical (unpaired) electrons. The lowest BCUT2D eigenvalue weighted by Crippen LogP contribution is -2.02. The second-order valence-electron chi connectivity index (χ2n) is 4.49. The van der Waals surface area contributed by atoms with Gasteiger partial charge in [-0.25, -0.2) is 0 Å². The summed E-state index contributed by atoms with van der Waals surface area (Å²) in [5.41, 5.74) is 6.08. The highest BCUT2D eigenvalue weighted by Crippen LogP contribution is 2.32. The average Bonchev–Trinajstić information content (AvgIpc) is 2.48. The van der Waals surface area contributed by atoms with E-state index in [1.165, 1.54) is 19.2 Å². The molecule has 0 saturated heterocycles. The van der Waals surface area contributed by atoms with Gasteiger partial charge in [-0.1, -0.05) is 0 Å². The van der Waals surface area contributed by atoms with Gasteiger partial charge in [0.2, 0.25) is 0 Å². The number of nitrogens with zero attached hydrogens (tertiary/aromatic N) is 1. The fourth-order valence-corrected chi connectivity index (χ4v) is 2.37. The van der Waals surface area contributed by atoms with Crippen molar-refractivity contribution in [1.82, 2.24) is 0 Å². The molecule has 0 aliphatic rings. The van der Waals surface area contributed by atoms with Gasteiger partial charge in [-0.15, -0.1) is 0 Å². The highest BCUT2D eigenvalue weighted by Gasteiger charge is 2.20. The van der Waals surface area contributed by atoms with Gasteiger partial charge in [0.25, 0.3) is 15.8 Å². The van der Waals surface area contributed by atoms with E-state index in [0.29, 0.717) is 17.1 Å². The van der Waals surface area contributed by atoms with Crippen LogP contribution in [0.15, 0.2) is 41.3 Å². The maximum atomic E-state index is 11.1. The Bertz CT molecular complexity index is 866. The van der Waals surface area contributed by atoms with E-state index >= 15 is 0 Å². The van der Waals surface area contributed by atoms with Crippen LogP contribution in [0, 0.1) is 10.1 Å². The molecule has 0 fully saturated rings. The first kappa shape index (κ1) is 16.5. The summed E-state index contributed by atoms with van der Waals surface area (Å²) in [6.07, 6.45) is 0. The lowest BCUT2D eigenvalue weighted by Gasteiger charge is -2.10. The van der Waals surface area contributed by atoms with Gasteiger partial charge in [0.15, 0.2) is 0 Å². The number of rotatable bonds is 5. The Morgan fingerprint density at radius 2 is 1.96 bits per heavy atom. The molecule has 0 atom stereocenters.